The van der Waals surface area contributed by atoms with Crippen LogP contribution in [-0.4, -0.2) is 39.9 Å². The van der Waals surface area contributed by atoms with E-state index in [2.05, 4.69) is 0 Å². The van der Waals surface area contributed by atoms with E-state index in [4.69, 9.17) is 12.2 Å². The number of rotatable bonds is 8. The van der Waals surface area contributed by atoms with Gasteiger partial charge in [-0.1, -0.05) is 55.5 Å². The maximum atomic E-state index is 12.2. The number of anilines is 1. The third-order valence-corrected chi connectivity index (χ3v) is 5.92. The minimum Gasteiger partial charge on any atom is -0.316 e. The Kier molecular flexibility index (Phi) is 7.24. The van der Waals surface area contributed by atoms with Gasteiger partial charge in [-0.2, -0.15) is 0 Å². The van der Waals surface area contributed by atoms with Crippen LogP contribution in [-0.2, 0) is 9.59 Å². The highest BCUT2D eigenvalue weighted by Crippen LogP contribution is 2.29. The second-order valence-electron chi connectivity index (χ2n) is 5.87. The van der Waals surface area contributed by atoms with Gasteiger partial charge in [0.15, 0.2) is 0 Å². The fraction of sp³-hybridized carbons (Fsp3) is 0.500. The van der Waals surface area contributed by atoms with Gasteiger partial charge in [-0.3, -0.25) is 14.5 Å². The molecule has 1 aromatic carbocycles. The van der Waals surface area contributed by atoms with Gasteiger partial charge in [0.2, 0.25) is 11.8 Å². The number of unbranched alkanes of at least 4 members (excludes halogenated alkanes) is 2. The first-order chi connectivity index (χ1) is 11.5. The number of hydrogen-bond acceptors (Lipinski definition) is 4. The summed E-state index contributed by atoms with van der Waals surface area (Å²) in [5.74, 6) is 0.267. The number of carbonyl (C=O) groups is 2. The van der Waals surface area contributed by atoms with Gasteiger partial charge in [0.25, 0.3) is 0 Å². The van der Waals surface area contributed by atoms with E-state index in [1.165, 1.54) is 11.8 Å². The number of amides is 2. The number of hydrogen-bond donors (Lipinski definition) is 0. The monoisotopic (exact) mass is 364 g/mol. The van der Waals surface area contributed by atoms with Gasteiger partial charge in [-0.25, -0.2) is 0 Å². The Morgan fingerprint density at radius 3 is 2.58 bits per heavy atom. The highest BCUT2D eigenvalue weighted by molar-refractivity contribution is 8.24. The van der Waals surface area contributed by atoms with Gasteiger partial charge in [-0.15, -0.1) is 0 Å². The molecule has 2 amide bonds. The highest BCUT2D eigenvalue weighted by atomic mass is 32.2. The maximum Gasteiger partial charge on any atom is 0.241 e. The Morgan fingerprint density at radius 2 is 1.96 bits per heavy atom. The van der Waals surface area contributed by atoms with Crippen LogP contribution in [0.25, 0.3) is 0 Å². The third kappa shape index (κ3) is 4.80. The van der Waals surface area contributed by atoms with Crippen molar-refractivity contribution in [1.29, 1.82) is 0 Å². The molecule has 130 valence electrons. The second kappa shape index (κ2) is 9.18. The molecule has 4 nitrogen and oxygen atoms in total. The fourth-order valence-corrected chi connectivity index (χ4v) is 4.12. The van der Waals surface area contributed by atoms with Crippen LogP contribution < -0.4 is 4.90 Å². The average molecular weight is 365 g/mol. The van der Waals surface area contributed by atoms with Crippen molar-refractivity contribution >= 4 is 45.8 Å². The number of carbonyl (C=O) groups excluding carboxylic acids is 2. The van der Waals surface area contributed by atoms with E-state index in [1.54, 1.807) is 16.8 Å². The number of nitrogens with zero attached hydrogens (tertiary/aromatic N) is 2. The van der Waals surface area contributed by atoms with E-state index in [9.17, 15) is 9.59 Å². The summed E-state index contributed by atoms with van der Waals surface area (Å²) >= 11 is 6.78. The molecule has 1 unspecified atom stereocenters. The summed E-state index contributed by atoms with van der Waals surface area (Å²) in [5.41, 5.74) is 0.915. The van der Waals surface area contributed by atoms with Crippen molar-refractivity contribution in [2.45, 2.75) is 44.3 Å². The molecule has 1 fully saturated rings. The molecule has 0 radical (unpaired) electrons. The molecular formula is C18H24N2O2S2. The largest absolute Gasteiger partial charge is 0.316 e. The first-order valence-corrected chi connectivity index (χ1v) is 9.67. The summed E-state index contributed by atoms with van der Waals surface area (Å²) in [5, 5.41) is -0.00130. The van der Waals surface area contributed by atoms with Crippen molar-refractivity contribution in [3.8, 4) is 0 Å². The van der Waals surface area contributed by atoms with Crippen LogP contribution in [0, 0.1) is 0 Å². The van der Waals surface area contributed by atoms with E-state index >= 15 is 0 Å². The second-order valence-corrected chi connectivity index (χ2v) is 7.71. The van der Waals surface area contributed by atoms with Crippen LogP contribution >= 0.6 is 24.0 Å². The predicted molar refractivity (Wildman–Crippen MR) is 104 cm³/mol. The highest BCUT2D eigenvalue weighted by Gasteiger charge is 2.34. The molecule has 2 rings (SSSR count). The minimum atomic E-state index is -0.00130. The van der Waals surface area contributed by atoms with E-state index < -0.39 is 0 Å². The summed E-state index contributed by atoms with van der Waals surface area (Å²) in [6.07, 6.45) is 3.97. The van der Waals surface area contributed by atoms with Crippen LogP contribution in [0.2, 0.25) is 0 Å². The van der Waals surface area contributed by atoms with E-state index in [-0.39, 0.29) is 17.1 Å². The van der Waals surface area contributed by atoms with Crippen molar-refractivity contribution < 1.29 is 9.59 Å². The van der Waals surface area contributed by atoms with E-state index in [0.717, 1.165) is 31.4 Å². The maximum absolute atomic E-state index is 12.2. The molecule has 0 aromatic heterocycles. The molecule has 24 heavy (non-hydrogen) atoms. The van der Waals surface area contributed by atoms with Crippen LogP contribution in [0.4, 0.5) is 5.69 Å². The quantitative estimate of drug-likeness (QED) is 0.519. The van der Waals surface area contributed by atoms with Crippen molar-refractivity contribution in [3.05, 3.63) is 30.3 Å². The van der Waals surface area contributed by atoms with Crippen molar-refractivity contribution in [2.24, 2.45) is 0 Å². The molecule has 0 N–H and O–H groups in total. The van der Waals surface area contributed by atoms with Gasteiger partial charge in [0.05, 0.1) is 5.25 Å². The molecule has 0 spiro atoms. The molecule has 1 atom stereocenters. The standard InChI is InChI=1S/C18H24N2O2S2/c1-3-15-17(22)20(18(23)24-15)13-9-5-8-12-16(21)19(2)14-10-6-4-7-11-14/h4,6-7,10-11,15H,3,5,8-9,12-13H2,1-2H3. The summed E-state index contributed by atoms with van der Waals surface area (Å²) < 4.78 is 0.701. The summed E-state index contributed by atoms with van der Waals surface area (Å²) in [4.78, 5) is 27.7. The Hall–Kier alpha value is -1.40. The molecule has 6 heteroatoms. The molecule has 0 bridgehead atoms. The zero-order valence-corrected chi connectivity index (χ0v) is 15.9. The lowest BCUT2D eigenvalue weighted by Crippen LogP contribution is -2.32. The van der Waals surface area contributed by atoms with Gasteiger partial charge in [0.1, 0.15) is 4.32 Å². The number of para-hydroxylation sites is 1. The molecular weight excluding hydrogens is 340 g/mol. The minimum absolute atomic E-state index is 0.00130. The first kappa shape index (κ1) is 18.9. The molecule has 1 aromatic rings. The molecule has 0 aliphatic carbocycles. The molecule has 1 aliphatic rings. The lowest BCUT2D eigenvalue weighted by atomic mass is 10.1. The van der Waals surface area contributed by atoms with E-state index in [0.29, 0.717) is 17.3 Å². The van der Waals surface area contributed by atoms with Gasteiger partial charge in [-0.05, 0) is 31.4 Å². The predicted octanol–water partition coefficient (Wildman–Crippen LogP) is 3.85. The Balaban J connectivity index is 1.67. The lowest BCUT2D eigenvalue weighted by Gasteiger charge is -2.17. The van der Waals surface area contributed by atoms with Crippen LogP contribution in [0.3, 0.4) is 0 Å². The van der Waals surface area contributed by atoms with Crippen LogP contribution in [0.5, 0.6) is 0 Å². The summed E-state index contributed by atoms with van der Waals surface area (Å²) in [6, 6.07) is 9.65. The lowest BCUT2D eigenvalue weighted by molar-refractivity contribution is -0.126. The number of benzene rings is 1. The van der Waals surface area contributed by atoms with Crippen molar-refractivity contribution in [3.63, 3.8) is 0 Å². The number of thioether (sulfide) groups is 1. The van der Waals surface area contributed by atoms with Crippen LogP contribution in [0.1, 0.15) is 39.0 Å². The number of thiocarbonyl (C=S) groups is 1. The van der Waals surface area contributed by atoms with Crippen molar-refractivity contribution in [1.82, 2.24) is 4.90 Å². The molecule has 0 saturated carbocycles. The summed E-state index contributed by atoms with van der Waals surface area (Å²) in [7, 11) is 1.81. The van der Waals surface area contributed by atoms with Crippen LogP contribution in [0.15, 0.2) is 30.3 Å². The first-order valence-electron chi connectivity index (χ1n) is 8.38. The average Bonchev–Trinajstić information content (AvgIpc) is 2.88. The zero-order chi connectivity index (χ0) is 17.5. The van der Waals surface area contributed by atoms with Crippen molar-refractivity contribution in [2.75, 3.05) is 18.5 Å². The SMILES string of the molecule is CCC1SC(=S)N(CCCCCC(=O)N(C)c2ccccc2)C1=O. The molecule has 1 saturated heterocycles. The topological polar surface area (TPSA) is 40.6 Å². The molecule has 1 heterocycles. The van der Waals surface area contributed by atoms with Gasteiger partial charge < -0.3 is 4.90 Å². The Labute approximate surface area is 153 Å². The fourth-order valence-electron chi connectivity index (χ4n) is 2.65. The smallest absolute Gasteiger partial charge is 0.241 e. The Bertz CT molecular complexity index is 592. The Morgan fingerprint density at radius 1 is 1.25 bits per heavy atom. The molecule has 1 aliphatic heterocycles. The van der Waals surface area contributed by atoms with Gasteiger partial charge >= 0.3 is 0 Å². The summed E-state index contributed by atoms with van der Waals surface area (Å²) in [6.45, 7) is 2.68. The van der Waals surface area contributed by atoms with Gasteiger partial charge in [0, 0.05) is 25.7 Å². The zero-order valence-electron chi connectivity index (χ0n) is 14.2. The van der Waals surface area contributed by atoms with E-state index in [1.807, 2.05) is 37.3 Å². The normalized spacial score (nSPS) is 17.4. The third-order valence-electron chi connectivity index (χ3n) is 4.17.